The van der Waals surface area contributed by atoms with Crippen molar-refractivity contribution in [1.29, 1.82) is 0 Å². The van der Waals surface area contributed by atoms with Crippen molar-refractivity contribution in [2.75, 3.05) is 13.2 Å². The Balaban J connectivity index is 1.66. The van der Waals surface area contributed by atoms with Gasteiger partial charge in [0.05, 0.1) is 18.8 Å². The van der Waals surface area contributed by atoms with Crippen LogP contribution in [0.25, 0.3) is 0 Å². The first-order valence-electron chi connectivity index (χ1n) is 6.88. The van der Waals surface area contributed by atoms with Crippen molar-refractivity contribution in [2.24, 2.45) is 0 Å². The normalized spacial score (nSPS) is 24.4. The Hall–Kier alpha value is -1.06. The largest absolute Gasteiger partial charge is 0.493 e. The summed E-state index contributed by atoms with van der Waals surface area (Å²) in [7, 11) is 0. The first-order chi connectivity index (χ1) is 8.83. The monoisotopic (exact) mass is 248 g/mol. The fourth-order valence-corrected chi connectivity index (χ4v) is 2.79. The molecule has 3 heteroatoms. The lowest BCUT2D eigenvalue weighted by Gasteiger charge is -2.25. The van der Waals surface area contributed by atoms with Gasteiger partial charge in [0.1, 0.15) is 5.75 Å². The highest BCUT2D eigenvalue weighted by Crippen LogP contribution is 2.30. The number of hydrogen-bond acceptors (Lipinski definition) is 3. The Morgan fingerprint density at radius 3 is 3.06 bits per heavy atom. The van der Waals surface area contributed by atoms with Crippen LogP contribution >= 0.6 is 0 Å². The fraction of sp³-hybridized carbons (Fsp3) is 0.600. The highest BCUT2D eigenvalue weighted by Gasteiger charge is 2.21. The minimum absolute atomic E-state index is 0.221. The second kappa shape index (κ2) is 5.29. The molecule has 0 aromatic heterocycles. The van der Waals surface area contributed by atoms with Gasteiger partial charge in [-0.3, -0.25) is 0 Å². The van der Waals surface area contributed by atoms with E-state index in [0.717, 1.165) is 43.8 Å². The van der Waals surface area contributed by atoms with Crippen LogP contribution in [-0.4, -0.2) is 24.4 Å². The zero-order valence-corrected chi connectivity index (χ0v) is 10.6. The summed E-state index contributed by atoms with van der Waals surface area (Å²) >= 11 is 0. The lowest BCUT2D eigenvalue weighted by atomic mass is 9.97. The van der Waals surface area contributed by atoms with Crippen molar-refractivity contribution in [1.82, 2.24) is 0 Å². The van der Waals surface area contributed by atoms with Crippen LogP contribution in [-0.2, 0) is 11.2 Å². The third-order valence-corrected chi connectivity index (χ3v) is 3.86. The van der Waals surface area contributed by atoms with Gasteiger partial charge in [0.25, 0.3) is 0 Å². The van der Waals surface area contributed by atoms with Gasteiger partial charge in [-0.25, -0.2) is 0 Å². The van der Waals surface area contributed by atoms with E-state index >= 15 is 0 Å². The van der Waals surface area contributed by atoms with E-state index in [4.69, 9.17) is 9.47 Å². The predicted octanol–water partition coefficient (Wildman–Crippen LogP) is 2.61. The van der Waals surface area contributed by atoms with Crippen LogP contribution < -0.4 is 4.74 Å². The molecule has 2 aliphatic rings. The molecule has 1 N–H and O–H groups in total. The smallest absolute Gasteiger partial charge is 0.122 e. The SMILES string of the molecule is OC(CC1CCCCO1)c1ccc2c(c1)CCO2. The van der Waals surface area contributed by atoms with Gasteiger partial charge in [-0.2, -0.15) is 0 Å². The number of hydrogen-bond donors (Lipinski definition) is 1. The van der Waals surface area contributed by atoms with Crippen LogP contribution in [0.1, 0.15) is 42.9 Å². The lowest BCUT2D eigenvalue weighted by molar-refractivity contribution is -0.0155. The van der Waals surface area contributed by atoms with E-state index in [1.54, 1.807) is 0 Å². The molecule has 18 heavy (non-hydrogen) atoms. The van der Waals surface area contributed by atoms with E-state index in [1.165, 1.54) is 12.0 Å². The molecule has 1 fully saturated rings. The number of fused-ring (bicyclic) bond motifs is 1. The van der Waals surface area contributed by atoms with Gasteiger partial charge < -0.3 is 14.6 Å². The molecule has 2 aliphatic heterocycles. The average molecular weight is 248 g/mol. The van der Waals surface area contributed by atoms with Gasteiger partial charge in [-0.15, -0.1) is 0 Å². The number of aliphatic hydroxyl groups is 1. The highest BCUT2D eigenvalue weighted by molar-refractivity contribution is 5.40. The summed E-state index contributed by atoms with van der Waals surface area (Å²) in [5.74, 6) is 0.972. The Morgan fingerprint density at radius 1 is 1.28 bits per heavy atom. The third-order valence-electron chi connectivity index (χ3n) is 3.86. The standard InChI is InChI=1S/C15H20O3/c16-14(10-13-3-1-2-7-17-13)11-4-5-15-12(9-11)6-8-18-15/h4-5,9,13-14,16H,1-3,6-8,10H2. The van der Waals surface area contributed by atoms with E-state index in [9.17, 15) is 5.11 Å². The maximum atomic E-state index is 10.3. The molecule has 1 aromatic carbocycles. The molecule has 2 unspecified atom stereocenters. The first kappa shape index (κ1) is 12.0. The maximum Gasteiger partial charge on any atom is 0.122 e. The zero-order chi connectivity index (χ0) is 12.4. The number of ether oxygens (including phenoxy) is 2. The van der Waals surface area contributed by atoms with E-state index in [0.29, 0.717) is 6.42 Å². The van der Waals surface area contributed by atoms with Gasteiger partial charge in [-0.05, 0) is 42.5 Å². The van der Waals surface area contributed by atoms with Crippen LogP contribution in [0.4, 0.5) is 0 Å². The van der Waals surface area contributed by atoms with E-state index in [1.807, 2.05) is 12.1 Å². The summed E-state index contributed by atoms with van der Waals surface area (Å²) in [6.07, 6.45) is 4.91. The molecule has 0 spiro atoms. The van der Waals surface area contributed by atoms with Crippen molar-refractivity contribution >= 4 is 0 Å². The summed E-state index contributed by atoms with van der Waals surface area (Å²) in [4.78, 5) is 0. The summed E-state index contributed by atoms with van der Waals surface area (Å²) in [6.45, 7) is 1.61. The van der Waals surface area contributed by atoms with Gasteiger partial charge in [-0.1, -0.05) is 6.07 Å². The molecule has 0 amide bonds. The molecule has 1 saturated heterocycles. The Labute approximate surface area is 108 Å². The van der Waals surface area contributed by atoms with Crippen molar-refractivity contribution in [3.05, 3.63) is 29.3 Å². The zero-order valence-electron chi connectivity index (χ0n) is 10.6. The van der Waals surface area contributed by atoms with Crippen molar-refractivity contribution in [3.8, 4) is 5.75 Å². The molecule has 3 rings (SSSR count). The third kappa shape index (κ3) is 2.52. The van der Waals surface area contributed by atoms with E-state index in [-0.39, 0.29) is 6.10 Å². The quantitative estimate of drug-likeness (QED) is 0.893. The van der Waals surface area contributed by atoms with E-state index in [2.05, 4.69) is 6.07 Å². The molecular formula is C15H20O3. The van der Waals surface area contributed by atoms with Gasteiger partial charge in [0, 0.05) is 19.4 Å². The van der Waals surface area contributed by atoms with Crippen LogP contribution in [0.5, 0.6) is 5.75 Å². The molecule has 2 heterocycles. The molecule has 1 aromatic rings. The maximum absolute atomic E-state index is 10.3. The van der Waals surface area contributed by atoms with Crippen molar-refractivity contribution < 1.29 is 14.6 Å². The second-order valence-corrected chi connectivity index (χ2v) is 5.21. The average Bonchev–Trinajstić information content (AvgIpc) is 2.87. The van der Waals surface area contributed by atoms with E-state index < -0.39 is 6.10 Å². The number of rotatable bonds is 3. The summed E-state index contributed by atoms with van der Waals surface area (Å²) < 4.78 is 11.2. The highest BCUT2D eigenvalue weighted by atomic mass is 16.5. The molecule has 3 nitrogen and oxygen atoms in total. The number of benzene rings is 1. The molecule has 0 bridgehead atoms. The molecular weight excluding hydrogens is 228 g/mol. The first-order valence-corrected chi connectivity index (χ1v) is 6.88. The van der Waals surface area contributed by atoms with Gasteiger partial charge in [0.15, 0.2) is 0 Å². The Morgan fingerprint density at radius 2 is 2.22 bits per heavy atom. The summed E-state index contributed by atoms with van der Waals surface area (Å²) in [5.41, 5.74) is 2.21. The molecule has 0 aliphatic carbocycles. The fourth-order valence-electron chi connectivity index (χ4n) is 2.79. The van der Waals surface area contributed by atoms with Crippen molar-refractivity contribution in [3.63, 3.8) is 0 Å². The molecule has 98 valence electrons. The second-order valence-electron chi connectivity index (χ2n) is 5.21. The summed E-state index contributed by atoms with van der Waals surface area (Å²) in [6, 6.07) is 6.02. The van der Waals surface area contributed by atoms with Crippen LogP contribution in [0.2, 0.25) is 0 Å². The van der Waals surface area contributed by atoms with Crippen molar-refractivity contribution in [2.45, 2.75) is 44.3 Å². The lowest BCUT2D eigenvalue weighted by Crippen LogP contribution is -2.21. The number of aliphatic hydroxyl groups excluding tert-OH is 1. The van der Waals surface area contributed by atoms with Crippen LogP contribution in [0.3, 0.4) is 0 Å². The minimum Gasteiger partial charge on any atom is -0.493 e. The Bertz CT molecular complexity index is 410. The predicted molar refractivity (Wildman–Crippen MR) is 68.8 cm³/mol. The van der Waals surface area contributed by atoms with Gasteiger partial charge >= 0.3 is 0 Å². The molecule has 0 radical (unpaired) electrons. The minimum atomic E-state index is -0.418. The topological polar surface area (TPSA) is 38.7 Å². The van der Waals surface area contributed by atoms with Crippen LogP contribution in [0, 0.1) is 0 Å². The molecule has 0 saturated carbocycles. The Kier molecular flexibility index (Phi) is 3.52. The van der Waals surface area contributed by atoms with Gasteiger partial charge in [0.2, 0.25) is 0 Å². The van der Waals surface area contributed by atoms with Crippen LogP contribution in [0.15, 0.2) is 18.2 Å². The summed E-state index contributed by atoms with van der Waals surface area (Å²) in [5, 5.41) is 10.3. The molecule has 2 atom stereocenters.